The third-order valence-electron chi connectivity index (χ3n) is 3.52. The zero-order valence-corrected chi connectivity index (χ0v) is 12.0. The fraction of sp³-hybridized carbons (Fsp3) is 0.214. The number of fused-ring (bicyclic) bond motifs is 5. The summed E-state index contributed by atoms with van der Waals surface area (Å²) in [6.45, 7) is 2.60. The summed E-state index contributed by atoms with van der Waals surface area (Å²) < 4.78 is 0.976. The van der Waals surface area contributed by atoms with Gasteiger partial charge in [0.15, 0.2) is 0 Å². The normalized spacial score (nSPS) is 18.1. The van der Waals surface area contributed by atoms with Crippen LogP contribution < -0.4 is 10.6 Å². The van der Waals surface area contributed by atoms with E-state index in [-0.39, 0.29) is 17.8 Å². The molecule has 0 saturated heterocycles. The van der Waals surface area contributed by atoms with Crippen LogP contribution in [0.4, 0.5) is 5.69 Å². The van der Waals surface area contributed by atoms with Crippen LogP contribution in [-0.2, 0) is 0 Å². The van der Waals surface area contributed by atoms with Crippen LogP contribution in [0.15, 0.2) is 18.3 Å². The van der Waals surface area contributed by atoms with Gasteiger partial charge < -0.3 is 15.7 Å². The molecule has 21 heavy (non-hydrogen) atoms. The summed E-state index contributed by atoms with van der Waals surface area (Å²) in [5.41, 5.74) is 2.11. The van der Waals surface area contributed by atoms with Gasteiger partial charge >= 0.3 is 0 Å². The van der Waals surface area contributed by atoms with Crippen LogP contribution in [0.5, 0.6) is 5.88 Å². The van der Waals surface area contributed by atoms with E-state index in [2.05, 4.69) is 20.6 Å². The van der Waals surface area contributed by atoms with E-state index in [0.717, 1.165) is 15.8 Å². The molecule has 1 aliphatic rings. The van der Waals surface area contributed by atoms with Crippen LogP contribution in [0.25, 0.3) is 21.1 Å². The van der Waals surface area contributed by atoms with Gasteiger partial charge in [-0.05, 0) is 19.1 Å². The second kappa shape index (κ2) is 4.29. The molecule has 6 nitrogen and oxygen atoms in total. The smallest absolute Gasteiger partial charge is 0.263 e. The van der Waals surface area contributed by atoms with Crippen molar-refractivity contribution in [1.82, 2.24) is 15.3 Å². The molecule has 3 N–H and O–H groups in total. The molecule has 3 aromatic rings. The molecule has 1 aromatic carbocycles. The van der Waals surface area contributed by atoms with Crippen molar-refractivity contribution in [3.8, 4) is 5.88 Å². The molecule has 0 aliphatic carbocycles. The lowest BCUT2D eigenvalue weighted by molar-refractivity contribution is 0.0959. The third-order valence-corrected chi connectivity index (χ3v) is 4.67. The van der Waals surface area contributed by atoms with E-state index < -0.39 is 0 Å². The van der Waals surface area contributed by atoms with Crippen molar-refractivity contribution >= 4 is 44.1 Å². The second-order valence-electron chi connectivity index (χ2n) is 5.10. The SMILES string of the molecule is CC1CNC(=O)c2sc3ccc4nc(O)cnc4c3c2N1. The first-order valence-electron chi connectivity index (χ1n) is 6.59. The number of aromatic nitrogens is 2. The van der Waals surface area contributed by atoms with E-state index in [9.17, 15) is 9.90 Å². The highest BCUT2D eigenvalue weighted by molar-refractivity contribution is 7.21. The highest BCUT2D eigenvalue weighted by Crippen LogP contribution is 2.40. The second-order valence-corrected chi connectivity index (χ2v) is 6.15. The maximum atomic E-state index is 12.2. The van der Waals surface area contributed by atoms with Crippen LogP contribution in [-0.4, -0.2) is 33.6 Å². The van der Waals surface area contributed by atoms with E-state index in [1.54, 1.807) is 0 Å². The number of carbonyl (C=O) groups is 1. The van der Waals surface area contributed by atoms with E-state index in [0.29, 0.717) is 22.5 Å². The lowest BCUT2D eigenvalue weighted by Gasteiger charge is -2.11. The van der Waals surface area contributed by atoms with Gasteiger partial charge in [0.05, 0.1) is 22.9 Å². The Morgan fingerprint density at radius 2 is 2.29 bits per heavy atom. The van der Waals surface area contributed by atoms with Gasteiger partial charge in [-0.15, -0.1) is 11.3 Å². The summed E-state index contributed by atoms with van der Waals surface area (Å²) in [5.74, 6) is -0.176. The Morgan fingerprint density at radius 3 is 3.14 bits per heavy atom. The Labute approximate surface area is 123 Å². The molecule has 106 valence electrons. The zero-order chi connectivity index (χ0) is 14.6. The molecule has 0 spiro atoms. The average molecular weight is 300 g/mol. The highest BCUT2D eigenvalue weighted by Gasteiger charge is 2.25. The summed E-state index contributed by atoms with van der Waals surface area (Å²) >= 11 is 1.44. The molecule has 0 bridgehead atoms. The van der Waals surface area contributed by atoms with Crippen molar-refractivity contribution in [3.63, 3.8) is 0 Å². The number of hydrogen-bond donors (Lipinski definition) is 3. The van der Waals surface area contributed by atoms with Gasteiger partial charge in [0.25, 0.3) is 5.91 Å². The van der Waals surface area contributed by atoms with E-state index in [4.69, 9.17) is 0 Å². The van der Waals surface area contributed by atoms with Crippen molar-refractivity contribution in [1.29, 1.82) is 0 Å². The van der Waals surface area contributed by atoms with Gasteiger partial charge in [-0.1, -0.05) is 0 Å². The average Bonchev–Trinajstić information content (AvgIpc) is 2.77. The van der Waals surface area contributed by atoms with Crippen LogP contribution in [0.3, 0.4) is 0 Å². The van der Waals surface area contributed by atoms with Gasteiger partial charge in [-0.25, -0.2) is 9.97 Å². The number of nitrogens with one attached hydrogen (secondary N) is 2. The van der Waals surface area contributed by atoms with Crippen molar-refractivity contribution < 1.29 is 9.90 Å². The van der Waals surface area contributed by atoms with Crippen molar-refractivity contribution in [2.45, 2.75) is 13.0 Å². The van der Waals surface area contributed by atoms with Crippen LogP contribution in [0.2, 0.25) is 0 Å². The van der Waals surface area contributed by atoms with Crippen molar-refractivity contribution in [3.05, 3.63) is 23.2 Å². The van der Waals surface area contributed by atoms with Crippen LogP contribution in [0.1, 0.15) is 16.6 Å². The minimum absolute atomic E-state index is 0.0667. The molecule has 0 radical (unpaired) electrons. The first kappa shape index (κ1) is 12.3. The van der Waals surface area contributed by atoms with E-state index >= 15 is 0 Å². The number of amides is 1. The third kappa shape index (κ3) is 1.81. The predicted molar refractivity (Wildman–Crippen MR) is 82.0 cm³/mol. The highest BCUT2D eigenvalue weighted by atomic mass is 32.1. The molecule has 1 aliphatic heterocycles. The predicted octanol–water partition coefficient (Wildman–Crippen LogP) is 2.09. The quantitative estimate of drug-likeness (QED) is 0.592. The number of aromatic hydroxyl groups is 1. The van der Waals surface area contributed by atoms with Crippen LogP contribution >= 0.6 is 11.3 Å². The fourth-order valence-electron chi connectivity index (χ4n) is 2.58. The largest absolute Gasteiger partial charge is 0.492 e. The Hall–Kier alpha value is -2.41. The van der Waals surface area contributed by atoms with Gasteiger partial charge in [0, 0.05) is 22.7 Å². The zero-order valence-electron chi connectivity index (χ0n) is 11.2. The molecule has 3 heterocycles. The molecule has 0 fully saturated rings. The van der Waals surface area contributed by atoms with Gasteiger partial charge in [0.2, 0.25) is 5.88 Å². The molecule has 7 heteroatoms. The molecule has 1 unspecified atom stereocenters. The first-order chi connectivity index (χ1) is 10.1. The summed E-state index contributed by atoms with van der Waals surface area (Å²) in [6.07, 6.45) is 1.33. The van der Waals surface area contributed by atoms with Gasteiger partial charge in [0.1, 0.15) is 4.88 Å². The summed E-state index contributed by atoms with van der Waals surface area (Å²) in [4.78, 5) is 21.2. The topological polar surface area (TPSA) is 87.1 Å². The minimum Gasteiger partial charge on any atom is -0.492 e. The molecule has 1 amide bonds. The standard InChI is InChI=1S/C14H12N4O2S/c1-6-4-16-14(20)13-12(17-6)10-8(21-13)3-2-7-11(10)15-5-9(19)18-7/h2-3,5-6,17H,4H2,1H3,(H,16,20)(H,18,19). The number of nitrogens with zero attached hydrogens (tertiary/aromatic N) is 2. The number of hydrogen-bond acceptors (Lipinski definition) is 6. The Balaban J connectivity index is 2.11. The number of thiophene rings is 1. The first-order valence-corrected chi connectivity index (χ1v) is 7.41. The monoisotopic (exact) mass is 300 g/mol. The lowest BCUT2D eigenvalue weighted by atomic mass is 10.1. The van der Waals surface area contributed by atoms with Crippen LogP contribution in [0, 0.1) is 0 Å². The number of rotatable bonds is 0. The molecule has 0 saturated carbocycles. The minimum atomic E-state index is -0.109. The summed E-state index contributed by atoms with van der Waals surface area (Å²) in [7, 11) is 0. The Morgan fingerprint density at radius 1 is 1.43 bits per heavy atom. The summed E-state index contributed by atoms with van der Waals surface area (Å²) in [6, 6.07) is 3.85. The van der Waals surface area contributed by atoms with E-state index in [1.165, 1.54) is 17.5 Å². The maximum absolute atomic E-state index is 12.2. The Kier molecular flexibility index (Phi) is 2.52. The molecular formula is C14H12N4O2S. The van der Waals surface area contributed by atoms with E-state index in [1.807, 2.05) is 19.1 Å². The van der Waals surface area contributed by atoms with Crippen molar-refractivity contribution in [2.75, 3.05) is 11.9 Å². The van der Waals surface area contributed by atoms with Gasteiger partial charge in [-0.3, -0.25) is 4.79 Å². The van der Waals surface area contributed by atoms with Crippen molar-refractivity contribution in [2.24, 2.45) is 0 Å². The fourth-order valence-corrected chi connectivity index (χ4v) is 3.66. The molecule has 1 atom stereocenters. The molecular weight excluding hydrogens is 288 g/mol. The van der Waals surface area contributed by atoms with Gasteiger partial charge in [-0.2, -0.15) is 0 Å². The molecule has 2 aromatic heterocycles. The number of carbonyl (C=O) groups excluding carboxylic acids is 1. The summed E-state index contributed by atoms with van der Waals surface area (Å²) in [5, 5.41) is 16.6. The lowest BCUT2D eigenvalue weighted by Crippen LogP contribution is -2.30. The number of anilines is 1. The Bertz CT molecular complexity index is 889. The number of benzene rings is 1. The maximum Gasteiger partial charge on any atom is 0.263 e. The molecule has 4 rings (SSSR count).